The fraction of sp³-hybridized carbons (Fsp3) is 0.333. The van der Waals surface area contributed by atoms with E-state index in [0.29, 0.717) is 22.1 Å². The SMILES string of the molecule is Cn1cnnc1CNC(=O)Nc1ccc(Cl)c(C(=O)NC2CC2)c1. The predicted molar refractivity (Wildman–Crippen MR) is 88.8 cm³/mol. The molecule has 1 aromatic carbocycles. The molecule has 2 aromatic rings. The summed E-state index contributed by atoms with van der Waals surface area (Å²) in [4.78, 5) is 24.1. The molecule has 24 heavy (non-hydrogen) atoms. The Morgan fingerprint density at radius 2 is 2.17 bits per heavy atom. The van der Waals surface area contributed by atoms with Gasteiger partial charge in [0.05, 0.1) is 17.1 Å². The predicted octanol–water partition coefficient (Wildman–Crippen LogP) is 1.68. The van der Waals surface area contributed by atoms with Gasteiger partial charge in [0.1, 0.15) is 6.33 Å². The Morgan fingerprint density at radius 3 is 2.83 bits per heavy atom. The Kier molecular flexibility index (Phi) is 4.66. The van der Waals surface area contributed by atoms with E-state index in [1.807, 2.05) is 0 Å². The molecule has 1 aliphatic carbocycles. The van der Waals surface area contributed by atoms with Crippen LogP contribution in [0.1, 0.15) is 29.0 Å². The number of benzene rings is 1. The Balaban J connectivity index is 1.60. The zero-order valence-electron chi connectivity index (χ0n) is 13.0. The number of halogens is 1. The number of aryl methyl sites for hydroxylation is 1. The van der Waals surface area contributed by atoms with Crippen LogP contribution < -0.4 is 16.0 Å². The molecule has 1 saturated carbocycles. The number of nitrogens with one attached hydrogen (secondary N) is 3. The highest BCUT2D eigenvalue weighted by atomic mass is 35.5. The van der Waals surface area contributed by atoms with E-state index in [-0.39, 0.29) is 18.5 Å². The molecule has 1 fully saturated rings. The van der Waals surface area contributed by atoms with Crippen molar-refractivity contribution in [3.63, 3.8) is 0 Å². The van der Waals surface area contributed by atoms with Crippen LogP contribution in [0.5, 0.6) is 0 Å². The topological polar surface area (TPSA) is 101 Å². The summed E-state index contributed by atoms with van der Waals surface area (Å²) in [5.41, 5.74) is 0.825. The molecule has 1 heterocycles. The third kappa shape index (κ3) is 4.02. The number of anilines is 1. The molecule has 0 spiro atoms. The van der Waals surface area contributed by atoms with Crippen molar-refractivity contribution in [3.8, 4) is 0 Å². The number of rotatable bonds is 5. The molecule has 9 heteroatoms. The molecule has 8 nitrogen and oxygen atoms in total. The minimum absolute atomic E-state index is 0.231. The van der Waals surface area contributed by atoms with Crippen LogP contribution in [0.2, 0.25) is 5.02 Å². The molecule has 1 aromatic heterocycles. The maximum Gasteiger partial charge on any atom is 0.319 e. The minimum atomic E-state index is -0.408. The van der Waals surface area contributed by atoms with Crippen LogP contribution in [0, 0.1) is 0 Å². The number of hydrogen-bond donors (Lipinski definition) is 3. The van der Waals surface area contributed by atoms with Crippen molar-refractivity contribution in [2.24, 2.45) is 7.05 Å². The number of carbonyl (C=O) groups is 2. The van der Waals surface area contributed by atoms with Crippen molar-refractivity contribution >= 4 is 29.2 Å². The molecule has 0 atom stereocenters. The van der Waals surface area contributed by atoms with E-state index in [9.17, 15) is 9.59 Å². The van der Waals surface area contributed by atoms with Crippen LogP contribution in [-0.4, -0.2) is 32.7 Å². The fourth-order valence-electron chi connectivity index (χ4n) is 2.07. The zero-order valence-corrected chi connectivity index (χ0v) is 13.8. The molecular formula is C15H17ClN6O2. The van der Waals surface area contributed by atoms with Gasteiger partial charge >= 0.3 is 6.03 Å². The zero-order chi connectivity index (χ0) is 17.1. The largest absolute Gasteiger partial charge is 0.349 e. The summed E-state index contributed by atoms with van der Waals surface area (Å²) in [5.74, 6) is 0.399. The average Bonchev–Trinajstić information content (AvgIpc) is 3.27. The highest BCUT2D eigenvalue weighted by Crippen LogP contribution is 2.23. The van der Waals surface area contributed by atoms with Crippen LogP contribution in [0.3, 0.4) is 0 Å². The average molecular weight is 349 g/mol. The number of nitrogens with zero attached hydrogens (tertiary/aromatic N) is 3. The van der Waals surface area contributed by atoms with Gasteiger partial charge in [-0.05, 0) is 31.0 Å². The number of urea groups is 1. The second kappa shape index (κ2) is 6.88. The normalized spacial score (nSPS) is 13.4. The summed E-state index contributed by atoms with van der Waals surface area (Å²) in [6, 6.07) is 4.61. The van der Waals surface area contributed by atoms with E-state index in [0.717, 1.165) is 12.8 Å². The first-order valence-electron chi connectivity index (χ1n) is 7.51. The van der Waals surface area contributed by atoms with Gasteiger partial charge in [-0.3, -0.25) is 4.79 Å². The maximum atomic E-state index is 12.1. The first-order valence-corrected chi connectivity index (χ1v) is 7.89. The van der Waals surface area contributed by atoms with Crippen LogP contribution >= 0.6 is 11.6 Å². The van der Waals surface area contributed by atoms with Gasteiger partial charge in [0.25, 0.3) is 5.91 Å². The lowest BCUT2D eigenvalue weighted by atomic mass is 10.2. The monoisotopic (exact) mass is 348 g/mol. The van der Waals surface area contributed by atoms with Crippen molar-refractivity contribution < 1.29 is 9.59 Å². The molecule has 0 saturated heterocycles. The second-order valence-corrected chi connectivity index (χ2v) is 6.02. The standard InChI is InChI=1S/C15H17ClN6O2/c1-22-8-18-21-13(22)7-17-15(24)20-10-4-5-12(16)11(6-10)14(23)19-9-2-3-9/h4-6,8-9H,2-3,7H2,1H3,(H,19,23)(H2,17,20,24). The van der Waals surface area contributed by atoms with Gasteiger partial charge in [0.2, 0.25) is 0 Å². The lowest BCUT2D eigenvalue weighted by Crippen LogP contribution is -2.29. The minimum Gasteiger partial charge on any atom is -0.349 e. The first kappa shape index (κ1) is 16.3. The Labute approximate surface area is 143 Å². The second-order valence-electron chi connectivity index (χ2n) is 5.61. The maximum absolute atomic E-state index is 12.1. The fourth-order valence-corrected chi connectivity index (χ4v) is 2.27. The van der Waals surface area contributed by atoms with Gasteiger partial charge in [-0.25, -0.2) is 4.79 Å². The van der Waals surface area contributed by atoms with E-state index in [1.54, 1.807) is 36.1 Å². The summed E-state index contributed by atoms with van der Waals surface area (Å²) in [6.07, 6.45) is 3.54. The van der Waals surface area contributed by atoms with Gasteiger partial charge in [-0.2, -0.15) is 0 Å². The number of carbonyl (C=O) groups excluding carboxylic acids is 2. The quantitative estimate of drug-likeness (QED) is 0.765. The van der Waals surface area contributed by atoms with Gasteiger partial charge in [-0.15, -0.1) is 10.2 Å². The third-order valence-corrected chi connectivity index (χ3v) is 3.92. The number of aromatic nitrogens is 3. The molecule has 3 rings (SSSR count). The van der Waals surface area contributed by atoms with E-state index in [4.69, 9.17) is 11.6 Å². The molecular weight excluding hydrogens is 332 g/mol. The van der Waals surface area contributed by atoms with Gasteiger partial charge in [0.15, 0.2) is 5.82 Å². The lowest BCUT2D eigenvalue weighted by Gasteiger charge is -2.10. The van der Waals surface area contributed by atoms with E-state index >= 15 is 0 Å². The van der Waals surface area contributed by atoms with Crippen molar-refractivity contribution in [2.75, 3.05) is 5.32 Å². The summed E-state index contributed by atoms with van der Waals surface area (Å²) in [7, 11) is 1.79. The summed E-state index contributed by atoms with van der Waals surface area (Å²) in [6.45, 7) is 0.241. The summed E-state index contributed by atoms with van der Waals surface area (Å²) in [5, 5.41) is 16.2. The molecule has 3 amide bonds. The third-order valence-electron chi connectivity index (χ3n) is 3.59. The highest BCUT2D eigenvalue weighted by Gasteiger charge is 2.24. The van der Waals surface area contributed by atoms with Gasteiger partial charge < -0.3 is 20.5 Å². The molecule has 3 N–H and O–H groups in total. The van der Waals surface area contributed by atoms with Crippen LogP contribution in [0.25, 0.3) is 0 Å². The molecule has 0 aliphatic heterocycles. The van der Waals surface area contributed by atoms with E-state index in [2.05, 4.69) is 26.1 Å². The first-order chi connectivity index (χ1) is 11.5. The van der Waals surface area contributed by atoms with Crippen molar-refractivity contribution in [1.29, 1.82) is 0 Å². The van der Waals surface area contributed by atoms with Crippen LogP contribution in [-0.2, 0) is 13.6 Å². The Morgan fingerprint density at radius 1 is 1.38 bits per heavy atom. The van der Waals surface area contributed by atoms with E-state index < -0.39 is 6.03 Å². The van der Waals surface area contributed by atoms with Crippen LogP contribution in [0.4, 0.5) is 10.5 Å². The number of hydrogen-bond acceptors (Lipinski definition) is 4. The number of amides is 3. The van der Waals surface area contributed by atoms with E-state index in [1.165, 1.54) is 0 Å². The van der Waals surface area contributed by atoms with Crippen molar-refractivity contribution in [2.45, 2.75) is 25.4 Å². The molecule has 0 radical (unpaired) electrons. The molecule has 1 aliphatic rings. The lowest BCUT2D eigenvalue weighted by molar-refractivity contribution is 0.0951. The summed E-state index contributed by atoms with van der Waals surface area (Å²) >= 11 is 6.07. The van der Waals surface area contributed by atoms with Crippen molar-refractivity contribution in [1.82, 2.24) is 25.4 Å². The highest BCUT2D eigenvalue weighted by molar-refractivity contribution is 6.34. The van der Waals surface area contributed by atoms with Crippen molar-refractivity contribution in [3.05, 3.63) is 40.9 Å². The Bertz CT molecular complexity index is 771. The summed E-state index contributed by atoms with van der Waals surface area (Å²) < 4.78 is 1.71. The van der Waals surface area contributed by atoms with Gasteiger partial charge in [-0.1, -0.05) is 11.6 Å². The molecule has 126 valence electrons. The smallest absolute Gasteiger partial charge is 0.319 e. The van der Waals surface area contributed by atoms with Crippen LogP contribution in [0.15, 0.2) is 24.5 Å². The Hall–Kier alpha value is -2.61. The van der Waals surface area contributed by atoms with Gasteiger partial charge in [0, 0.05) is 18.8 Å². The molecule has 0 unspecified atom stereocenters. The molecule has 0 bridgehead atoms.